The van der Waals surface area contributed by atoms with Gasteiger partial charge in [-0.2, -0.15) is 0 Å². The molecule has 0 radical (unpaired) electrons. The molecule has 0 aliphatic rings. The molecule has 128 valence electrons. The molecule has 7 nitrogen and oxygen atoms in total. The Kier molecular flexibility index (Phi) is 6.70. The van der Waals surface area contributed by atoms with Crippen LogP contribution in [0.25, 0.3) is 0 Å². The number of carbonyl (C=O) groups excluding carboxylic acids is 1. The van der Waals surface area contributed by atoms with E-state index >= 15 is 0 Å². The number of nitrogens with one attached hydrogen (secondary N) is 2. The molecular weight excluding hydrogens is 306 g/mol. The lowest BCUT2D eigenvalue weighted by atomic mass is 10.2. The summed E-state index contributed by atoms with van der Waals surface area (Å²) in [7, 11) is 1.73. The van der Waals surface area contributed by atoms with Crippen LogP contribution in [0.5, 0.6) is 5.75 Å². The van der Waals surface area contributed by atoms with Gasteiger partial charge in [-0.05, 0) is 29.8 Å². The van der Waals surface area contributed by atoms with Gasteiger partial charge in [-0.15, -0.1) is 0 Å². The minimum atomic E-state index is -0.495. The molecule has 1 aromatic carbocycles. The highest BCUT2D eigenvalue weighted by Crippen LogP contribution is 2.12. The average molecular weight is 329 g/mol. The first-order valence-corrected chi connectivity index (χ1v) is 7.72. The molecule has 0 aliphatic heterocycles. The first kappa shape index (κ1) is 17.4. The van der Waals surface area contributed by atoms with Crippen LogP contribution in [0.15, 0.2) is 53.8 Å². The van der Waals surface area contributed by atoms with Crippen LogP contribution in [0.3, 0.4) is 0 Å². The van der Waals surface area contributed by atoms with Crippen molar-refractivity contribution in [2.45, 2.75) is 13.1 Å². The number of nitrogens with two attached hydrogens (primary N) is 1. The van der Waals surface area contributed by atoms with Crippen molar-refractivity contribution in [3.05, 3.63) is 54.4 Å². The van der Waals surface area contributed by atoms with Gasteiger partial charge in [0.05, 0.1) is 0 Å². The van der Waals surface area contributed by atoms with E-state index in [1.54, 1.807) is 13.1 Å². The molecule has 0 atom stereocenters. The number of nitrogens with zero attached hydrogens (tertiary/aromatic N) is 2. The molecule has 24 heavy (non-hydrogen) atoms. The summed E-state index contributed by atoms with van der Waals surface area (Å²) in [6.07, 6.45) is 4.05. The maximum absolute atomic E-state index is 10.8. The summed E-state index contributed by atoms with van der Waals surface area (Å²) in [5.41, 5.74) is 6.09. The zero-order valence-electron chi connectivity index (χ0n) is 13.7. The summed E-state index contributed by atoms with van der Waals surface area (Å²) in [6.45, 7) is 2.11. The number of primary amides is 1. The third kappa shape index (κ3) is 6.04. The SMILES string of the molecule is CN=C(NCCn1cccc1)NCc1cccc(OCC(N)=O)c1. The van der Waals surface area contributed by atoms with Crippen LogP contribution in [0.4, 0.5) is 0 Å². The van der Waals surface area contributed by atoms with Crippen LogP contribution < -0.4 is 21.1 Å². The molecule has 0 bridgehead atoms. The fourth-order valence-electron chi connectivity index (χ4n) is 2.13. The second kappa shape index (κ2) is 9.24. The Bertz CT molecular complexity index is 667. The lowest BCUT2D eigenvalue weighted by molar-refractivity contribution is -0.119. The van der Waals surface area contributed by atoms with E-state index in [4.69, 9.17) is 10.5 Å². The topological polar surface area (TPSA) is 93.7 Å². The molecule has 0 fully saturated rings. The van der Waals surface area contributed by atoms with E-state index in [1.807, 2.05) is 42.7 Å². The molecule has 2 rings (SSSR count). The number of hydrogen-bond acceptors (Lipinski definition) is 3. The van der Waals surface area contributed by atoms with Gasteiger partial charge in [-0.25, -0.2) is 0 Å². The zero-order valence-corrected chi connectivity index (χ0v) is 13.7. The second-order valence-corrected chi connectivity index (χ2v) is 5.18. The standard InChI is InChI=1S/C17H23N5O2/c1-19-17(20-7-10-22-8-2-3-9-22)21-12-14-5-4-6-15(11-14)24-13-16(18)23/h2-6,8-9,11H,7,10,12-13H2,1H3,(H2,18,23)(H2,19,20,21). The van der Waals surface area contributed by atoms with E-state index in [1.165, 1.54) is 0 Å². The predicted octanol–water partition coefficient (Wildman–Crippen LogP) is 0.717. The number of rotatable bonds is 8. The van der Waals surface area contributed by atoms with Gasteiger partial charge < -0.3 is 25.7 Å². The van der Waals surface area contributed by atoms with Gasteiger partial charge in [0.2, 0.25) is 0 Å². The molecule has 0 saturated heterocycles. The third-order valence-electron chi connectivity index (χ3n) is 3.29. The number of ether oxygens (including phenoxy) is 1. The molecule has 1 aromatic heterocycles. The highest BCUT2D eigenvalue weighted by Gasteiger charge is 2.01. The Morgan fingerprint density at radius 1 is 1.25 bits per heavy atom. The van der Waals surface area contributed by atoms with Crippen molar-refractivity contribution in [2.24, 2.45) is 10.7 Å². The monoisotopic (exact) mass is 329 g/mol. The summed E-state index contributed by atoms with van der Waals surface area (Å²) in [5, 5.41) is 6.50. The minimum Gasteiger partial charge on any atom is -0.484 e. The van der Waals surface area contributed by atoms with E-state index in [0.717, 1.165) is 24.6 Å². The number of hydrogen-bond donors (Lipinski definition) is 3. The van der Waals surface area contributed by atoms with Gasteiger partial charge in [-0.3, -0.25) is 9.79 Å². The van der Waals surface area contributed by atoms with E-state index in [-0.39, 0.29) is 6.61 Å². The quantitative estimate of drug-likeness (QED) is 0.491. The van der Waals surface area contributed by atoms with Crippen molar-refractivity contribution in [3.8, 4) is 5.75 Å². The van der Waals surface area contributed by atoms with Gasteiger partial charge in [0.25, 0.3) is 5.91 Å². The number of carbonyl (C=O) groups is 1. The Hall–Kier alpha value is -2.96. The van der Waals surface area contributed by atoms with Gasteiger partial charge in [-0.1, -0.05) is 12.1 Å². The molecular formula is C17H23N5O2. The predicted molar refractivity (Wildman–Crippen MR) is 93.8 cm³/mol. The maximum atomic E-state index is 10.8. The van der Waals surface area contributed by atoms with Crippen LogP contribution in [0.1, 0.15) is 5.56 Å². The maximum Gasteiger partial charge on any atom is 0.255 e. The lowest BCUT2D eigenvalue weighted by Gasteiger charge is -2.13. The number of benzene rings is 1. The van der Waals surface area contributed by atoms with Crippen molar-refractivity contribution < 1.29 is 9.53 Å². The van der Waals surface area contributed by atoms with E-state index in [9.17, 15) is 4.79 Å². The number of amides is 1. The molecule has 0 aliphatic carbocycles. The molecule has 0 spiro atoms. The van der Waals surface area contributed by atoms with Gasteiger partial charge in [0, 0.05) is 39.1 Å². The average Bonchev–Trinajstić information content (AvgIpc) is 3.10. The van der Waals surface area contributed by atoms with Crippen LogP contribution in [0, 0.1) is 0 Å². The smallest absolute Gasteiger partial charge is 0.255 e. The fraction of sp³-hybridized carbons (Fsp3) is 0.294. The Labute approximate surface area is 141 Å². The summed E-state index contributed by atoms with van der Waals surface area (Å²) in [5.74, 6) is 0.847. The van der Waals surface area contributed by atoms with Gasteiger partial charge >= 0.3 is 0 Å². The van der Waals surface area contributed by atoms with Crippen LogP contribution in [-0.2, 0) is 17.9 Å². The second-order valence-electron chi connectivity index (χ2n) is 5.18. The summed E-state index contributed by atoms with van der Waals surface area (Å²) < 4.78 is 7.39. The molecule has 2 aromatic rings. The van der Waals surface area contributed by atoms with Gasteiger partial charge in [0.1, 0.15) is 5.75 Å². The molecule has 4 N–H and O–H groups in total. The van der Waals surface area contributed by atoms with Crippen LogP contribution >= 0.6 is 0 Å². The van der Waals surface area contributed by atoms with E-state index in [0.29, 0.717) is 12.3 Å². The van der Waals surface area contributed by atoms with Crippen molar-refractivity contribution in [2.75, 3.05) is 20.2 Å². The Morgan fingerprint density at radius 2 is 2.04 bits per heavy atom. The highest BCUT2D eigenvalue weighted by atomic mass is 16.5. The van der Waals surface area contributed by atoms with Crippen molar-refractivity contribution >= 4 is 11.9 Å². The van der Waals surface area contributed by atoms with Crippen molar-refractivity contribution in [1.82, 2.24) is 15.2 Å². The van der Waals surface area contributed by atoms with E-state index < -0.39 is 5.91 Å². The summed E-state index contributed by atoms with van der Waals surface area (Å²) in [6, 6.07) is 11.5. The molecule has 1 amide bonds. The van der Waals surface area contributed by atoms with Crippen molar-refractivity contribution in [3.63, 3.8) is 0 Å². The molecule has 0 saturated carbocycles. The number of aromatic nitrogens is 1. The molecule has 0 unspecified atom stereocenters. The first-order valence-electron chi connectivity index (χ1n) is 7.72. The van der Waals surface area contributed by atoms with Crippen LogP contribution in [-0.4, -0.2) is 36.6 Å². The normalized spacial score (nSPS) is 11.1. The lowest BCUT2D eigenvalue weighted by Crippen LogP contribution is -2.38. The molecule has 1 heterocycles. The fourth-order valence-corrected chi connectivity index (χ4v) is 2.13. The number of guanidine groups is 1. The van der Waals surface area contributed by atoms with E-state index in [2.05, 4.69) is 20.2 Å². The first-order chi connectivity index (χ1) is 11.7. The Balaban J connectivity index is 1.77. The van der Waals surface area contributed by atoms with Crippen LogP contribution in [0.2, 0.25) is 0 Å². The summed E-state index contributed by atoms with van der Waals surface area (Å²) in [4.78, 5) is 15.0. The number of aliphatic imine (C=N–C) groups is 1. The van der Waals surface area contributed by atoms with Crippen molar-refractivity contribution in [1.29, 1.82) is 0 Å². The third-order valence-corrected chi connectivity index (χ3v) is 3.29. The minimum absolute atomic E-state index is 0.125. The Morgan fingerprint density at radius 3 is 2.75 bits per heavy atom. The zero-order chi connectivity index (χ0) is 17.2. The molecule has 7 heteroatoms. The summed E-state index contributed by atoms with van der Waals surface area (Å²) >= 11 is 0. The largest absolute Gasteiger partial charge is 0.484 e. The highest BCUT2D eigenvalue weighted by molar-refractivity contribution is 5.79. The van der Waals surface area contributed by atoms with Gasteiger partial charge in [0.15, 0.2) is 12.6 Å².